The summed E-state index contributed by atoms with van der Waals surface area (Å²) >= 11 is 0. The van der Waals surface area contributed by atoms with Crippen LogP contribution in [0.25, 0.3) is 0 Å². The molecule has 0 heterocycles. The van der Waals surface area contributed by atoms with Crippen molar-refractivity contribution >= 4 is 12.7 Å². The van der Waals surface area contributed by atoms with E-state index in [0.717, 1.165) is 12.8 Å². The predicted molar refractivity (Wildman–Crippen MR) is 111 cm³/mol. The van der Waals surface area contributed by atoms with Gasteiger partial charge in [-0.25, -0.2) is 0 Å². The lowest BCUT2D eigenvalue weighted by molar-refractivity contribution is 0.0427. The third-order valence-corrected chi connectivity index (χ3v) is 8.33. The van der Waals surface area contributed by atoms with Crippen LogP contribution in [-0.2, 0) is 9.09 Å². The number of aliphatic hydroxyl groups is 1. The van der Waals surface area contributed by atoms with Crippen LogP contribution >= 0.6 is 7.37 Å². The quantitative estimate of drug-likeness (QED) is 0.642. The number of rotatable bonds is 6. The van der Waals surface area contributed by atoms with E-state index in [0.29, 0.717) is 28.6 Å². The molecule has 1 saturated carbocycles. The van der Waals surface area contributed by atoms with Gasteiger partial charge in [-0.3, -0.25) is 4.57 Å². The van der Waals surface area contributed by atoms with Gasteiger partial charge in [-0.15, -0.1) is 0 Å². The van der Waals surface area contributed by atoms with Crippen molar-refractivity contribution in [3.05, 3.63) is 66.2 Å². The van der Waals surface area contributed by atoms with Gasteiger partial charge in [0.15, 0.2) is 5.85 Å². The van der Waals surface area contributed by atoms with E-state index >= 15 is 0 Å². The molecule has 0 radical (unpaired) electrons. The first-order chi connectivity index (χ1) is 12.9. The van der Waals surface area contributed by atoms with E-state index in [1.54, 1.807) is 0 Å². The molecule has 3 nitrogen and oxygen atoms in total. The third kappa shape index (κ3) is 4.54. The van der Waals surface area contributed by atoms with Gasteiger partial charge in [0.05, 0.1) is 6.10 Å². The van der Waals surface area contributed by atoms with Gasteiger partial charge in [0.25, 0.3) is 7.37 Å². The Kier molecular flexibility index (Phi) is 6.57. The first-order valence-electron chi connectivity index (χ1n) is 9.98. The van der Waals surface area contributed by atoms with Gasteiger partial charge in [0, 0.05) is 5.30 Å². The smallest absolute Gasteiger partial charge is 0.264 e. The molecule has 27 heavy (non-hydrogen) atoms. The first kappa shape index (κ1) is 20.3. The second-order valence-electron chi connectivity index (χ2n) is 8.19. The number of hydrogen-bond donors (Lipinski definition) is 1. The summed E-state index contributed by atoms with van der Waals surface area (Å²) in [5, 5.41) is 11.7. The Morgan fingerprint density at radius 2 is 1.59 bits per heavy atom. The van der Waals surface area contributed by atoms with E-state index in [2.05, 4.69) is 20.8 Å². The maximum Gasteiger partial charge on any atom is 0.264 e. The fourth-order valence-electron chi connectivity index (χ4n) is 4.15. The summed E-state index contributed by atoms with van der Waals surface area (Å²) in [6.07, 6.45) is 3.05. The van der Waals surface area contributed by atoms with Crippen LogP contribution < -0.4 is 5.30 Å². The maximum atomic E-state index is 14.2. The first-order valence-corrected chi connectivity index (χ1v) is 11.7. The van der Waals surface area contributed by atoms with Gasteiger partial charge >= 0.3 is 0 Å². The van der Waals surface area contributed by atoms with Crippen molar-refractivity contribution in [1.82, 2.24) is 0 Å². The minimum atomic E-state index is -3.50. The molecule has 0 bridgehead atoms. The van der Waals surface area contributed by atoms with Crippen LogP contribution in [0.1, 0.15) is 51.4 Å². The highest BCUT2D eigenvalue weighted by Gasteiger charge is 2.42. The van der Waals surface area contributed by atoms with Crippen molar-refractivity contribution in [2.24, 2.45) is 17.8 Å². The van der Waals surface area contributed by atoms with Gasteiger partial charge in [0.2, 0.25) is 0 Å². The Morgan fingerprint density at radius 3 is 2.19 bits per heavy atom. The average molecular weight is 386 g/mol. The minimum Gasteiger partial charge on any atom is -0.378 e. The summed E-state index contributed by atoms with van der Waals surface area (Å²) in [7, 11) is -3.50. The summed E-state index contributed by atoms with van der Waals surface area (Å²) < 4.78 is 20.6. The van der Waals surface area contributed by atoms with Crippen molar-refractivity contribution < 1.29 is 14.2 Å². The molecule has 1 aliphatic carbocycles. The fraction of sp³-hybridized carbons (Fsp3) is 0.478. The predicted octanol–water partition coefficient (Wildman–Crippen LogP) is 5.76. The molecule has 0 saturated heterocycles. The molecule has 0 amide bonds. The van der Waals surface area contributed by atoms with Crippen LogP contribution in [0.5, 0.6) is 0 Å². The monoisotopic (exact) mass is 386 g/mol. The zero-order valence-electron chi connectivity index (χ0n) is 16.5. The minimum absolute atomic E-state index is 0.0989. The Hall–Kier alpha value is -1.41. The number of aliphatic hydroxyl groups excluding tert-OH is 1. The summed E-state index contributed by atoms with van der Waals surface area (Å²) in [5.41, 5.74) is 0.634. The Morgan fingerprint density at radius 1 is 1.00 bits per heavy atom. The van der Waals surface area contributed by atoms with Crippen molar-refractivity contribution in [3.8, 4) is 0 Å². The largest absolute Gasteiger partial charge is 0.378 e. The van der Waals surface area contributed by atoms with E-state index in [-0.39, 0.29) is 6.10 Å². The number of hydrogen-bond acceptors (Lipinski definition) is 3. The van der Waals surface area contributed by atoms with Crippen LogP contribution in [-0.4, -0.2) is 11.2 Å². The van der Waals surface area contributed by atoms with E-state index in [1.165, 1.54) is 6.42 Å². The molecule has 0 spiro atoms. The Balaban J connectivity index is 1.98. The van der Waals surface area contributed by atoms with Gasteiger partial charge < -0.3 is 9.63 Å². The molecule has 1 N–H and O–H groups in total. The van der Waals surface area contributed by atoms with E-state index < -0.39 is 13.2 Å². The highest BCUT2D eigenvalue weighted by atomic mass is 31.2. The molecule has 0 aromatic heterocycles. The molecule has 0 unspecified atom stereocenters. The van der Waals surface area contributed by atoms with Crippen molar-refractivity contribution in [1.29, 1.82) is 0 Å². The van der Waals surface area contributed by atoms with E-state index in [9.17, 15) is 9.67 Å². The molecule has 146 valence electrons. The summed E-state index contributed by atoms with van der Waals surface area (Å²) in [5.74, 6) is 0.205. The van der Waals surface area contributed by atoms with Crippen molar-refractivity contribution in [2.45, 2.75) is 52.0 Å². The zero-order chi connectivity index (χ0) is 19.4. The molecule has 2 aromatic rings. The molecule has 4 heteroatoms. The maximum absolute atomic E-state index is 14.2. The topological polar surface area (TPSA) is 46.5 Å². The lowest BCUT2D eigenvalue weighted by Gasteiger charge is -2.39. The molecular weight excluding hydrogens is 355 g/mol. The third-order valence-electron chi connectivity index (χ3n) is 5.79. The van der Waals surface area contributed by atoms with Gasteiger partial charge in [-0.1, -0.05) is 75.7 Å². The van der Waals surface area contributed by atoms with Crippen LogP contribution in [0.15, 0.2) is 60.7 Å². The zero-order valence-corrected chi connectivity index (χ0v) is 17.4. The van der Waals surface area contributed by atoms with Gasteiger partial charge in [-0.2, -0.15) is 0 Å². The van der Waals surface area contributed by atoms with Crippen molar-refractivity contribution in [2.75, 3.05) is 0 Å². The molecule has 0 aliphatic heterocycles. The van der Waals surface area contributed by atoms with E-state index in [4.69, 9.17) is 4.52 Å². The Bertz CT molecular complexity index is 760. The summed E-state index contributed by atoms with van der Waals surface area (Å²) in [4.78, 5) is 0. The average Bonchev–Trinajstić information content (AvgIpc) is 2.68. The highest BCUT2D eigenvalue weighted by Crippen LogP contribution is 2.60. The summed E-state index contributed by atoms with van der Waals surface area (Å²) in [6.45, 7) is 6.64. The second-order valence-corrected chi connectivity index (χ2v) is 10.6. The second kappa shape index (κ2) is 8.73. The fourth-order valence-corrected chi connectivity index (χ4v) is 6.47. The normalized spacial score (nSPS) is 26.5. The molecule has 5 atom stereocenters. The molecule has 1 aliphatic rings. The molecule has 1 fully saturated rings. The molecular formula is C23H31O3P. The molecule has 3 rings (SSSR count). The van der Waals surface area contributed by atoms with Crippen LogP contribution in [0.4, 0.5) is 0 Å². The van der Waals surface area contributed by atoms with Crippen LogP contribution in [0, 0.1) is 17.8 Å². The molecule has 2 aromatic carbocycles. The van der Waals surface area contributed by atoms with Gasteiger partial charge in [0.1, 0.15) is 0 Å². The Labute approximate surface area is 163 Å². The summed E-state index contributed by atoms with van der Waals surface area (Å²) in [6, 6.07) is 18.4. The standard InChI is InChI=1S/C23H31O3P/c1-17(2)21-15-14-18(3)16-22(21)26-27(25,20-12-8-5-9-13-20)23(24)19-10-6-4-7-11-19/h4-13,17-18,21-24H,14-16H2,1-3H3/t18-,21-,22+,23-,27-/m0/s1. The lowest BCUT2D eigenvalue weighted by atomic mass is 9.75. The lowest BCUT2D eigenvalue weighted by Crippen LogP contribution is -2.35. The van der Waals surface area contributed by atoms with E-state index in [1.807, 2.05) is 60.7 Å². The van der Waals surface area contributed by atoms with Crippen LogP contribution in [0.2, 0.25) is 0 Å². The highest BCUT2D eigenvalue weighted by molar-refractivity contribution is 7.67. The van der Waals surface area contributed by atoms with Crippen LogP contribution in [0.3, 0.4) is 0 Å². The van der Waals surface area contributed by atoms with Crippen molar-refractivity contribution in [3.63, 3.8) is 0 Å². The SMILES string of the molecule is CC(C)[C@@H]1CC[C@H](C)C[C@H]1O[P@@](=O)(c1ccccc1)[C@H](O)c1ccccc1. The number of benzene rings is 2. The van der Waals surface area contributed by atoms with Gasteiger partial charge in [-0.05, 0) is 48.3 Å².